The Morgan fingerprint density at radius 2 is 1.66 bits per heavy atom. The third kappa shape index (κ3) is 5.70. The van der Waals surface area contributed by atoms with Crippen LogP contribution >= 0.6 is 11.8 Å². The number of amides is 3. The molecule has 0 saturated heterocycles. The molecule has 0 bridgehead atoms. The second-order valence-electron chi connectivity index (χ2n) is 9.98. The second-order valence-corrected chi connectivity index (χ2v) is 11.1. The molecule has 38 heavy (non-hydrogen) atoms. The summed E-state index contributed by atoms with van der Waals surface area (Å²) in [4.78, 5) is 41.6. The average Bonchev–Trinajstić information content (AvgIpc) is 3.68. The molecule has 1 fully saturated rings. The molecule has 1 saturated carbocycles. The van der Waals surface area contributed by atoms with Gasteiger partial charge >= 0.3 is 0 Å². The van der Waals surface area contributed by atoms with Crippen molar-refractivity contribution in [2.75, 3.05) is 10.6 Å². The molecule has 5 rings (SSSR count). The van der Waals surface area contributed by atoms with E-state index in [-0.39, 0.29) is 30.0 Å². The summed E-state index contributed by atoms with van der Waals surface area (Å²) in [6, 6.07) is 18.7. The molecule has 0 radical (unpaired) electrons. The molecule has 0 unspecified atom stereocenters. The van der Waals surface area contributed by atoms with E-state index < -0.39 is 5.91 Å². The van der Waals surface area contributed by atoms with Gasteiger partial charge in [0, 0.05) is 22.2 Å². The van der Waals surface area contributed by atoms with E-state index >= 15 is 0 Å². The van der Waals surface area contributed by atoms with E-state index in [1.54, 1.807) is 12.1 Å². The van der Waals surface area contributed by atoms with Crippen LogP contribution in [0.1, 0.15) is 56.8 Å². The highest BCUT2D eigenvalue weighted by molar-refractivity contribution is 8.04. The van der Waals surface area contributed by atoms with E-state index in [1.165, 1.54) is 28.5 Å². The van der Waals surface area contributed by atoms with Crippen LogP contribution in [-0.4, -0.2) is 22.6 Å². The molecule has 2 aromatic carbocycles. The first-order valence-corrected chi connectivity index (χ1v) is 13.8. The maximum Gasteiger partial charge on any atom is 0.278 e. The number of thioether (sulfide) groups is 1. The number of anilines is 2. The molecule has 3 aromatic rings. The predicted octanol–water partition coefficient (Wildman–Crippen LogP) is 6.52. The van der Waals surface area contributed by atoms with Gasteiger partial charge in [0.15, 0.2) is 0 Å². The predicted molar refractivity (Wildman–Crippen MR) is 148 cm³/mol. The van der Waals surface area contributed by atoms with Gasteiger partial charge in [-0.25, -0.2) is 0 Å². The first-order valence-electron chi connectivity index (χ1n) is 13.0. The van der Waals surface area contributed by atoms with E-state index in [0.29, 0.717) is 16.6 Å². The maximum atomic E-state index is 13.4. The zero-order chi connectivity index (χ0) is 26.6. The van der Waals surface area contributed by atoms with Crippen molar-refractivity contribution in [2.24, 2.45) is 5.92 Å². The van der Waals surface area contributed by atoms with Crippen molar-refractivity contribution in [1.82, 2.24) is 4.90 Å². The lowest BCUT2D eigenvalue weighted by Crippen LogP contribution is -2.31. The molecular weight excluding hydrogens is 498 g/mol. The Kier molecular flexibility index (Phi) is 7.69. The first kappa shape index (κ1) is 25.9. The van der Waals surface area contributed by atoms with Crippen molar-refractivity contribution < 1.29 is 18.8 Å². The highest BCUT2D eigenvalue weighted by atomic mass is 32.2. The molecule has 1 aliphatic heterocycles. The topological polar surface area (TPSA) is 91.7 Å². The van der Waals surface area contributed by atoms with Crippen LogP contribution in [0.25, 0.3) is 0 Å². The van der Waals surface area contributed by atoms with Crippen molar-refractivity contribution in [3.8, 4) is 0 Å². The smallest absolute Gasteiger partial charge is 0.278 e. The summed E-state index contributed by atoms with van der Waals surface area (Å²) in [6.45, 7) is 4.30. The van der Waals surface area contributed by atoms with Crippen LogP contribution in [0.2, 0.25) is 0 Å². The molecule has 2 aliphatic rings. The molecule has 1 aromatic heterocycles. The Hall–Kier alpha value is -3.78. The number of benzene rings is 2. The van der Waals surface area contributed by atoms with E-state index in [2.05, 4.69) is 24.5 Å². The zero-order valence-corrected chi connectivity index (χ0v) is 22.3. The molecular formula is C30H31N3O4S. The Morgan fingerprint density at radius 3 is 2.29 bits per heavy atom. The minimum atomic E-state index is -0.401. The highest BCUT2D eigenvalue weighted by Gasteiger charge is 2.39. The lowest BCUT2D eigenvalue weighted by atomic mass is 10.0. The van der Waals surface area contributed by atoms with Gasteiger partial charge < -0.3 is 15.1 Å². The Labute approximate surface area is 226 Å². The van der Waals surface area contributed by atoms with Crippen LogP contribution in [0.15, 0.2) is 86.8 Å². The van der Waals surface area contributed by atoms with Crippen molar-refractivity contribution in [2.45, 2.75) is 56.9 Å². The molecule has 1 aliphatic carbocycles. The number of furan rings is 1. The van der Waals surface area contributed by atoms with Crippen LogP contribution in [0.4, 0.5) is 11.4 Å². The van der Waals surface area contributed by atoms with Crippen molar-refractivity contribution >= 4 is 40.9 Å². The fourth-order valence-electron chi connectivity index (χ4n) is 4.71. The van der Waals surface area contributed by atoms with Crippen molar-refractivity contribution in [1.29, 1.82) is 0 Å². The first-order chi connectivity index (χ1) is 18.4. The van der Waals surface area contributed by atoms with Gasteiger partial charge in [-0.1, -0.05) is 50.6 Å². The summed E-state index contributed by atoms with van der Waals surface area (Å²) >= 11 is 1.23. The third-order valence-electron chi connectivity index (χ3n) is 6.93. The molecule has 3 amide bonds. The number of carbonyl (C=O) groups is 3. The SMILES string of the molecule is CC(C)c1ccc(NC2=C(Sc3ccc(NC(=O)C4CCCC4)cc3)C(=O)N(Cc3ccco3)C2=O)cc1. The summed E-state index contributed by atoms with van der Waals surface area (Å²) in [6.07, 6.45) is 5.60. The van der Waals surface area contributed by atoms with Gasteiger partial charge in [-0.2, -0.15) is 0 Å². The number of rotatable bonds is 9. The summed E-state index contributed by atoms with van der Waals surface area (Å²) in [7, 11) is 0. The molecule has 0 spiro atoms. The minimum absolute atomic E-state index is 0.0539. The largest absolute Gasteiger partial charge is 0.467 e. The van der Waals surface area contributed by atoms with Crippen LogP contribution < -0.4 is 10.6 Å². The molecule has 2 N–H and O–H groups in total. The molecule has 8 heteroatoms. The van der Waals surface area contributed by atoms with Crippen LogP contribution in [-0.2, 0) is 20.9 Å². The van der Waals surface area contributed by atoms with Gasteiger partial charge in [0.1, 0.15) is 16.4 Å². The maximum absolute atomic E-state index is 13.4. The van der Waals surface area contributed by atoms with E-state index in [0.717, 1.165) is 42.0 Å². The number of hydrogen-bond acceptors (Lipinski definition) is 6. The van der Waals surface area contributed by atoms with Gasteiger partial charge in [0.2, 0.25) is 5.91 Å². The van der Waals surface area contributed by atoms with Gasteiger partial charge in [-0.05, 0) is 72.9 Å². The van der Waals surface area contributed by atoms with Crippen LogP contribution in [0, 0.1) is 5.92 Å². The summed E-state index contributed by atoms with van der Waals surface area (Å²) in [5.74, 6) is 0.281. The van der Waals surface area contributed by atoms with Crippen LogP contribution in [0.3, 0.4) is 0 Å². The monoisotopic (exact) mass is 529 g/mol. The number of carbonyl (C=O) groups excluding carboxylic acids is 3. The molecule has 196 valence electrons. The van der Waals surface area contributed by atoms with Crippen molar-refractivity contribution in [3.63, 3.8) is 0 Å². The second kappa shape index (κ2) is 11.3. The van der Waals surface area contributed by atoms with Gasteiger partial charge in [-0.15, -0.1) is 0 Å². The zero-order valence-electron chi connectivity index (χ0n) is 21.5. The molecule has 7 nitrogen and oxygen atoms in total. The lowest BCUT2D eigenvalue weighted by molar-refractivity contribution is -0.138. The summed E-state index contributed by atoms with van der Waals surface area (Å²) in [5, 5.41) is 6.19. The molecule has 0 atom stereocenters. The number of nitrogens with zero attached hydrogens (tertiary/aromatic N) is 1. The summed E-state index contributed by atoms with van der Waals surface area (Å²) in [5.41, 5.74) is 2.88. The average molecular weight is 530 g/mol. The normalized spacial score (nSPS) is 16.1. The van der Waals surface area contributed by atoms with E-state index in [4.69, 9.17) is 4.42 Å². The number of imide groups is 1. The van der Waals surface area contributed by atoms with Crippen molar-refractivity contribution in [3.05, 3.63) is 88.9 Å². The summed E-state index contributed by atoms with van der Waals surface area (Å²) < 4.78 is 5.39. The van der Waals surface area contributed by atoms with Crippen LogP contribution in [0.5, 0.6) is 0 Å². The third-order valence-corrected chi connectivity index (χ3v) is 8.02. The number of nitrogens with one attached hydrogen (secondary N) is 2. The van der Waals surface area contributed by atoms with Gasteiger partial charge in [0.05, 0.1) is 12.8 Å². The Bertz CT molecular complexity index is 1340. The number of hydrogen-bond donors (Lipinski definition) is 2. The van der Waals surface area contributed by atoms with Gasteiger partial charge in [0.25, 0.3) is 11.8 Å². The Balaban J connectivity index is 1.36. The molecule has 2 heterocycles. The fraction of sp³-hybridized carbons (Fsp3) is 0.300. The standard InChI is InChI=1S/C30H31N3O4S/c1-19(2)20-9-11-22(12-10-20)31-26-27(30(36)33(29(26)35)18-24-8-5-17-37-24)38-25-15-13-23(14-16-25)32-28(34)21-6-3-4-7-21/h5,8-17,19,21,31H,3-4,6-7,18H2,1-2H3,(H,32,34). The quantitative estimate of drug-likeness (QED) is 0.307. The lowest BCUT2D eigenvalue weighted by Gasteiger charge is -2.14. The highest BCUT2D eigenvalue weighted by Crippen LogP contribution is 2.37. The van der Waals surface area contributed by atoms with E-state index in [9.17, 15) is 14.4 Å². The van der Waals surface area contributed by atoms with E-state index in [1.807, 2.05) is 48.5 Å². The van der Waals surface area contributed by atoms with Gasteiger partial charge in [-0.3, -0.25) is 19.3 Å². The minimum Gasteiger partial charge on any atom is -0.467 e. The Morgan fingerprint density at radius 1 is 0.974 bits per heavy atom. The fourth-order valence-corrected chi connectivity index (χ4v) is 5.66.